The van der Waals surface area contributed by atoms with Gasteiger partial charge in [-0.15, -0.1) is 0 Å². The van der Waals surface area contributed by atoms with E-state index in [9.17, 15) is 4.79 Å². The second-order valence-corrected chi connectivity index (χ2v) is 4.79. The Hall–Kier alpha value is -1.55. The number of hydrogen-bond donors (Lipinski definition) is 2. The van der Waals surface area contributed by atoms with Gasteiger partial charge in [-0.2, -0.15) is 0 Å². The van der Waals surface area contributed by atoms with E-state index in [1.807, 2.05) is 19.1 Å². The van der Waals surface area contributed by atoms with Crippen LogP contribution in [0.1, 0.15) is 26.2 Å². The molecule has 0 bridgehead atoms. The van der Waals surface area contributed by atoms with Crippen LogP contribution in [0.5, 0.6) is 0 Å². The van der Waals surface area contributed by atoms with E-state index in [0.29, 0.717) is 24.1 Å². The van der Waals surface area contributed by atoms with Crippen LogP contribution in [-0.2, 0) is 9.53 Å². The minimum absolute atomic E-state index is 0.0692. The highest BCUT2D eigenvalue weighted by Crippen LogP contribution is 2.32. The van der Waals surface area contributed by atoms with E-state index in [1.54, 1.807) is 12.1 Å². The first kappa shape index (κ1) is 12.9. The lowest BCUT2D eigenvalue weighted by Gasteiger charge is -2.34. The van der Waals surface area contributed by atoms with Gasteiger partial charge in [0.2, 0.25) is 5.91 Å². The van der Waals surface area contributed by atoms with Crippen molar-refractivity contribution in [3.05, 3.63) is 24.3 Å². The second-order valence-electron chi connectivity index (χ2n) is 4.79. The normalized spacial score (nSPS) is 22.3. The largest absolute Gasteiger partial charge is 0.399 e. The van der Waals surface area contributed by atoms with Crippen LogP contribution >= 0.6 is 0 Å². The maximum absolute atomic E-state index is 11.8. The van der Waals surface area contributed by atoms with Crippen molar-refractivity contribution in [2.24, 2.45) is 5.92 Å². The summed E-state index contributed by atoms with van der Waals surface area (Å²) in [6.07, 6.45) is 2.95. The molecule has 0 aromatic heterocycles. The number of nitrogens with two attached hydrogens (primary N) is 1. The van der Waals surface area contributed by atoms with Crippen molar-refractivity contribution < 1.29 is 9.53 Å². The lowest BCUT2D eigenvalue weighted by molar-refractivity contribution is -0.119. The van der Waals surface area contributed by atoms with E-state index in [4.69, 9.17) is 10.5 Å². The van der Waals surface area contributed by atoms with Crippen LogP contribution in [0.2, 0.25) is 0 Å². The summed E-state index contributed by atoms with van der Waals surface area (Å²) in [6.45, 7) is 2.76. The maximum atomic E-state index is 11.8. The first-order chi connectivity index (χ1) is 8.67. The Bertz CT molecular complexity index is 397. The summed E-state index contributed by atoms with van der Waals surface area (Å²) in [5.74, 6) is 0.537. The Labute approximate surface area is 108 Å². The van der Waals surface area contributed by atoms with Crippen molar-refractivity contribution in [3.63, 3.8) is 0 Å². The van der Waals surface area contributed by atoms with Gasteiger partial charge in [0.25, 0.3) is 0 Å². The molecule has 18 heavy (non-hydrogen) atoms. The zero-order valence-electron chi connectivity index (χ0n) is 10.7. The fourth-order valence-electron chi connectivity index (χ4n) is 2.25. The van der Waals surface area contributed by atoms with Gasteiger partial charge in [0.15, 0.2) is 0 Å². The summed E-state index contributed by atoms with van der Waals surface area (Å²) in [4.78, 5) is 11.8. The highest BCUT2D eigenvalue weighted by atomic mass is 16.5. The summed E-state index contributed by atoms with van der Waals surface area (Å²) < 4.78 is 5.48. The minimum Gasteiger partial charge on any atom is -0.399 e. The smallest absolute Gasteiger partial charge is 0.224 e. The van der Waals surface area contributed by atoms with Crippen molar-refractivity contribution in [3.8, 4) is 0 Å². The first-order valence-electron chi connectivity index (χ1n) is 6.44. The molecule has 1 aromatic rings. The van der Waals surface area contributed by atoms with Crippen molar-refractivity contribution in [2.45, 2.75) is 32.3 Å². The molecule has 1 aliphatic carbocycles. The highest BCUT2D eigenvalue weighted by Gasteiger charge is 2.30. The van der Waals surface area contributed by atoms with Gasteiger partial charge in [-0.3, -0.25) is 4.79 Å². The molecule has 1 aromatic carbocycles. The van der Waals surface area contributed by atoms with Crippen molar-refractivity contribution in [1.29, 1.82) is 0 Å². The second kappa shape index (κ2) is 5.87. The summed E-state index contributed by atoms with van der Waals surface area (Å²) in [6, 6.07) is 7.20. The Morgan fingerprint density at radius 2 is 2.06 bits per heavy atom. The zero-order valence-corrected chi connectivity index (χ0v) is 10.7. The van der Waals surface area contributed by atoms with Crippen LogP contribution in [-0.4, -0.2) is 18.6 Å². The van der Waals surface area contributed by atoms with Gasteiger partial charge < -0.3 is 15.8 Å². The molecule has 1 amide bonds. The maximum Gasteiger partial charge on any atom is 0.224 e. The van der Waals surface area contributed by atoms with E-state index >= 15 is 0 Å². The van der Waals surface area contributed by atoms with Gasteiger partial charge in [-0.25, -0.2) is 0 Å². The van der Waals surface area contributed by atoms with Gasteiger partial charge in [0, 0.05) is 24.4 Å². The molecule has 3 N–H and O–H groups in total. The van der Waals surface area contributed by atoms with Gasteiger partial charge in [0.1, 0.15) is 0 Å². The molecule has 0 heterocycles. The predicted molar refractivity (Wildman–Crippen MR) is 72.2 cm³/mol. The van der Waals surface area contributed by atoms with Gasteiger partial charge in [-0.1, -0.05) is 0 Å². The molecular weight excluding hydrogens is 228 g/mol. The number of anilines is 2. The Kier molecular flexibility index (Phi) is 4.20. The molecule has 1 aliphatic rings. The van der Waals surface area contributed by atoms with Gasteiger partial charge >= 0.3 is 0 Å². The first-order valence-corrected chi connectivity index (χ1v) is 6.44. The van der Waals surface area contributed by atoms with E-state index in [0.717, 1.165) is 25.1 Å². The number of benzene rings is 1. The standard InChI is InChI=1S/C14H20N2O2/c1-2-18-13-7-10(8-13)9-14(17)16-12-5-3-11(15)4-6-12/h3-6,10,13H,2,7-9,15H2,1H3,(H,16,17). The fourth-order valence-corrected chi connectivity index (χ4v) is 2.25. The molecule has 0 unspecified atom stereocenters. The van der Waals surface area contributed by atoms with Crippen molar-refractivity contribution in [1.82, 2.24) is 0 Å². The van der Waals surface area contributed by atoms with E-state index in [-0.39, 0.29) is 5.91 Å². The summed E-state index contributed by atoms with van der Waals surface area (Å²) in [5, 5.41) is 2.88. The number of nitrogens with one attached hydrogen (secondary N) is 1. The SMILES string of the molecule is CCOC1CC(CC(=O)Nc2ccc(N)cc2)C1. The van der Waals surface area contributed by atoms with E-state index in [1.165, 1.54) is 0 Å². The number of ether oxygens (including phenoxy) is 1. The van der Waals surface area contributed by atoms with Crippen LogP contribution < -0.4 is 11.1 Å². The van der Waals surface area contributed by atoms with Crippen molar-refractivity contribution >= 4 is 17.3 Å². The molecule has 98 valence electrons. The lowest BCUT2D eigenvalue weighted by Crippen LogP contribution is -2.33. The molecule has 0 spiro atoms. The van der Waals surface area contributed by atoms with Crippen molar-refractivity contribution in [2.75, 3.05) is 17.7 Å². The Morgan fingerprint density at radius 3 is 2.67 bits per heavy atom. The predicted octanol–water partition coefficient (Wildman–Crippen LogP) is 2.41. The number of rotatable bonds is 5. The topological polar surface area (TPSA) is 64.3 Å². The summed E-state index contributed by atoms with van der Waals surface area (Å²) >= 11 is 0. The van der Waals surface area contributed by atoms with Gasteiger partial charge in [0.05, 0.1) is 6.10 Å². The summed E-state index contributed by atoms with van der Waals surface area (Å²) in [7, 11) is 0. The molecule has 1 fully saturated rings. The quantitative estimate of drug-likeness (QED) is 0.786. The van der Waals surface area contributed by atoms with Crippen LogP contribution in [0.4, 0.5) is 11.4 Å². The monoisotopic (exact) mass is 248 g/mol. The third-order valence-electron chi connectivity index (χ3n) is 3.26. The average molecular weight is 248 g/mol. The molecule has 0 saturated heterocycles. The lowest BCUT2D eigenvalue weighted by atomic mass is 9.80. The highest BCUT2D eigenvalue weighted by molar-refractivity contribution is 5.91. The third kappa shape index (κ3) is 3.47. The van der Waals surface area contributed by atoms with E-state index in [2.05, 4.69) is 5.32 Å². The average Bonchev–Trinajstić information content (AvgIpc) is 2.29. The van der Waals surface area contributed by atoms with Crippen LogP contribution in [0, 0.1) is 5.92 Å². The number of amides is 1. The molecule has 0 aliphatic heterocycles. The van der Waals surface area contributed by atoms with Crippen LogP contribution in [0.25, 0.3) is 0 Å². The third-order valence-corrected chi connectivity index (χ3v) is 3.26. The molecular formula is C14H20N2O2. The fraction of sp³-hybridized carbons (Fsp3) is 0.500. The summed E-state index contributed by atoms with van der Waals surface area (Å²) in [5.41, 5.74) is 7.09. The van der Waals surface area contributed by atoms with Gasteiger partial charge in [-0.05, 0) is 49.9 Å². The Morgan fingerprint density at radius 1 is 1.39 bits per heavy atom. The van der Waals surface area contributed by atoms with Crippen LogP contribution in [0.15, 0.2) is 24.3 Å². The number of hydrogen-bond acceptors (Lipinski definition) is 3. The molecule has 0 atom stereocenters. The molecule has 0 radical (unpaired) electrons. The molecule has 1 saturated carbocycles. The Balaban J connectivity index is 1.72. The number of carbonyl (C=O) groups is 1. The number of carbonyl (C=O) groups excluding carboxylic acids is 1. The minimum atomic E-state index is 0.0692. The van der Waals surface area contributed by atoms with Crippen LogP contribution in [0.3, 0.4) is 0 Å². The molecule has 4 nitrogen and oxygen atoms in total. The zero-order chi connectivity index (χ0) is 13.0. The number of nitrogen functional groups attached to an aromatic ring is 1. The molecule has 4 heteroatoms. The van der Waals surface area contributed by atoms with E-state index < -0.39 is 0 Å². The molecule has 2 rings (SSSR count).